The Labute approximate surface area is 273 Å². The topological polar surface area (TPSA) is 186 Å². The van der Waals surface area contributed by atoms with Crippen molar-refractivity contribution in [1.29, 1.82) is 31.6 Å². The number of hydrogen-bond donors (Lipinski definition) is 0. The van der Waals surface area contributed by atoms with Crippen molar-refractivity contribution in [3.05, 3.63) is 143 Å². The van der Waals surface area contributed by atoms with E-state index in [1.165, 1.54) is 6.07 Å². The fourth-order valence-electron chi connectivity index (χ4n) is 5.60. The van der Waals surface area contributed by atoms with Gasteiger partial charge in [0.05, 0.1) is 66.8 Å². The second kappa shape index (κ2) is 11.9. The standard InChI is InChI=1S/C34H3F3N12/c1-44-21-6-19(35)14(5-20(21)36)29-32(23(11-42)46-3)28-16(8-39)25-15(7-38)26(18-13-48-24(12-43)49-34(18)37)31(22(10-41)45-2)27(25)17(9-40)30(28)33(29)47-4/h5-6,13H/b31-22-,32-23-. The molecule has 0 radical (unpaired) electrons. The fourth-order valence-corrected chi connectivity index (χ4v) is 5.60. The van der Waals surface area contributed by atoms with Crippen LogP contribution in [0.5, 0.6) is 0 Å². The van der Waals surface area contributed by atoms with Crippen molar-refractivity contribution in [2.24, 2.45) is 0 Å². The maximum atomic E-state index is 15.6. The first-order chi connectivity index (χ1) is 23.7. The molecular formula is C34H3F3N12. The summed E-state index contributed by atoms with van der Waals surface area (Å²) in [5.41, 5.74) is -10.3. The maximum Gasteiger partial charge on any atom is 0.270 e. The minimum absolute atomic E-state index is 0.460. The molecule has 0 bridgehead atoms. The second-order valence-corrected chi connectivity index (χ2v) is 9.47. The van der Waals surface area contributed by atoms with Gasteiger partial charge in [0.15, 0.2) is 0 Å². The summed E-state index contributed by atoms with van der Waals surface area (Å²) in [6.45, 7) is 30.5. The number of nitriles is 6. The summed E-state index contributed by atoms with van der Waals surface area (Å²) in [5, 5.41) is 60.7. The van der Waals surface area contributed by atoms with Crippen molar-refractivity contribution < 1.29 is 13.2 Å². The first-order valence-corrected chi connectivity index (χ1v) is 12.8. The average molecular weight is 636 g/mol. The predicted molar refractivity (Wildman–Crippen MR) is 159 cm³/mol. The molecule has 49 heavy (non-hydrogen) atoms. The van der Waals surface area contributed by atoms with Crippen LogP contribution in [-0.4, -0.2) is 9.97 Å². The predicted octanol–water partition coefficient (Wildman–Crippen LogP) is 6.62. The van der Waals surface area contributed by atoms with Gasteiger partial charge in [-0.15, -0.1) is 0 Å². The van der Waals surface area contributed by atoms with Crippen LogP contribution in [0.2, 0.25) is 0 Å². The third-order valence-electron chi connectivity index (χ3n) is 7.37. The quantitative estimate of drug-likeness (QED) is 0.171. The van der Waals surface area contributed by atoms with E-state index < -0.39 is 119 Å². The van der Waals surface area contributed by atoms with E-state index in [1.807, 2.05) is 12.1 Å². The molecule has 0 spiro atoms. The van der Waals surface area contributed by atoms with E-state index in [0.717, 1.165) is 6.20 Å². The van der Waals surface area contributed by atoms with Gasteiger partial charge in [0.1, 0.15) is 29.8 Å². The molecule has 0 saturated heterocycles. The number of nitrogens with zero attached hydrogens (tertiary/aromatic N) is 12. The van der Waals surface area contributed by atoms with Crippen molar-refractivity contribution in [2.75, 3.05) is 0 Å². The summed E-state index contributed by atoms with van der Waals surface area (Å²) < 4.78 is 46.0. The molecule has 0 atom stereocenters. The Bertz CT molecular complexity index is 2720. The molecule has 2 aliphatic carbocycles. The second-order valence-electron chi connectivity index (χ2n) is 9.47. The Kier molecular flexibility index (Phi) is 7.69. The van der Waals surface area contributed by atoms with Crippen molar-refractivity contribution in [2.45, 2.75) is 0 Å². The first-order valence-electron chi connectivity index (χ1n) is 12.8. The van der Waals surface area contributed by atoms with Gasteiger partial charge >= 0.3 is 0 Å². The number of benzene rings is 2. The van der Waals surface area contributed by atoms with Crippen LogP contribution >= 0.6 is 0 Å². The average Bonchev–Trinajstić information content (AvgIpc) is 3.62. The highest BCUT2D eigenvalue weighted by atomic mass is 19.1. The molecule has 0 fully saturated rings. The van der Waals surface area contributed by atoms with Crippen LogP contribution in [0, 0.1) is 112 Å². The van der Waals surface area contributed by atoms with Crippen LogP contribution in [-0.2, 0) is 0 Å². The molecule has 12 nitrogen and oxygen atoms in total. The summed E-state index contributed by atoms with van der Waals surface area (Å²) >= 11 is 0. The highest BCUT2D eigenvalue weighted by Crippen LogP contribution is 2.58. The van der Waals surface area contributed by atoms with Crippen LogP contribution in [0.25, 0.3) is 52.9 Å². The van der Waals surface area contributed by atoms with E-state index >= 15 is 8.78 Å². The monoisotopic (exact) mass is 636 g/mol. The summed E-state index contributed by atoms with van der Waals surface area (Å²) in [7, 11) is 0. The van der Waals surface area contributed by atoms with Crippen LogP contribution in [0.4, 0.5) is 18.9 Å². The van der Waals surface area contributed by atoms with Gasteiger partial charge in [-0.3, -0.25) is 0 Å². The normalized spacial score (nSPS) is 14.1. The van der Waals surface area contributed by atoms with Gasteiger partial charge in [0.2, 0.25) is 23.2 Å². The smallest absolute Gasteiger partial charge is 0.237 e. The SMILES string of the molecule is [C-]#[N+]C1=C(c2cc(F)c([N+]#[C-])cc2F)/C(=C(/C#N)[N+]#[C-])c2c(C#N)c3c(c(C#N)c21)/C(=C(/C#N)[N+]#[C-])C(c1cnc(C#N)nc1F)=C3C#N. The molecule has 0 amide bonds. The number of fused-ring (bicyclic) bond motifs is 2. The summed E-state index contributed by atoms with van der Waals surface area (Å²) in [6.07, 6.45) is 0.787. The van der Waals surface area contributed by atoms with E-state index in [9.17, 15) is 30.7 Å². The van der Waals surface area contributed by atoms with E-state index in [2.05, 4.69) is 29.3 Å². The van der Waals surface area contributed by atoms with Crippen LogP contribution in [0.3, 0.4) is 0 Å². The molecule has 15 heteroatoms. The molecule has 2 aromatic carbocycles. The van der Waals surface area contributed by atoms with Gasteiger partial charge in [0, 0.05) is 34.0 Å². The van der Waals surface area contributed by atoms with Crippen LogP contribution in [0.1, 0.15) is 50.3 Å². The lowest BCUT2D eigenvalue weighted by molar-refractivity contribution is 0.573. The highest BCUT2D eigenvalue weighted by Gasteiger charge is 2.44. The molecule has 0 aliphatic heterocycles. The van der Waals surface area contributed by atoms with Crippen molar-refractivity contribution >= 4 is 39.2 Å². The van der Waals surface area contributed by atoms with Crippen molar-refractivity contribution in [3.63, 3.8) is 0 Å². The van der Waals surface area contributed by atoms with Gasteiger partial charge < -0.3 is 0 Å². The van der Waals surface area contributed by atoms with Crippen LogP contribution < -0.4 is 0 Å². The zero-order valence-corrected chi connectivity index (χ0v) is 23.7. The van der Waals surface area contributed by atoms with Crippen LogP contribution in [0.15, 0.2) is 29.7 Å². The molecule has 2 aliphatic rings. The lowest BCUT2D eigenvalue weighted by Gasteiger charge is -2.16. The summed E-state index contributed by atoms with van der Waals surface area (Å²) in [6, 6.07) is 11.2. The van der Waals surface area contributed by atoms with E-state index in [-0.39, 0.29) is 0 Å². The molecule has 1 aromatic heterocycles. The van der Waals surface area contributed by atoms with Crippen molar-refractivity contribution in [1.82, 2.24) is 9.97 Å². The third kappa shape index (κ3) is 4.30. The van der Waals surface area contributed by atoms with E-state index in [0.29, 0.717) is 12.1 Å². The van der Waals surface area contributed by atoms with E-state index in [1.54, 1.807) is 18.2 Å². The minimum atomic E-state index is -1.38. The lowest BCUT2D eigenvalue weighted by Crippen LogP contribution is -2.05. The molecule has 0 unspecified atom stereocenters. The highest BCUT2D eigenvalue weighted by molar-refractivity contribution is 6.31. The maximum absolute atomic E-state index is 15.6. The van der Waals surface area contributed by atoms with Crippen molar-refractivity contribution in [3.8, 4) is 36.4 Å². The summed E-state index contributed by atoms with van der Waals surface area (Å²) in [5.74, 6) is -4.50. The largest absolute Gasteiger partial charge is 0.270 e. The Morgan fingerprint density at radius 2 is 1.24 bits per heavy atom. The van der Waals surface area contributed by atoms with Gasteiger partial charge in [-0.2, -0.15) is 30.4 Å². The van der Waals surface area contributed by atoms with Gasteiger partial charge in [-0.05, 0) is 34.4 Å². The molecule has 220 valence electrons. The molecule has 0 saturated carbocycles. The molecular weight excluding hydrogens is 633 g/mol. The van der Waals surface area contributed by atoms with Gasteiger partial charge in [0.25, 0.3) is 11.4 Å². The number of aromatic nitrogens is 2. The Hall–Kier alpha value is -8.83. The first kappa shape index (κ1) is 31.6. The molecule has 0 N–H and O–H groups in total. The Morgan fingerprint density at radius 3 is 1.73 bits per heavy atom. The lowest BCUT2D eigenvalue weighted by atomic mass is 9.84. The Balaban J connectivity index is 2.12. The number of hydrogen-bond acceptors (Lipinski definition) is 8. The number of halogens is 3. The number of rotatable bonds is 2. The zero-order chi connectivity index (χ0) is 35.7. The molecule has 3 aromatic rings. The van der Waals surface area contributed by atoms with Gasteiger partial charge in [-0.1, -0.05) is 0 Å². The third-order valence-corrected chi connectivity index (χ3v) is 7.37. The zero-order valence-electron chi connectivity index (χ0n) is 23.7. The van der Waals surface area contributed by atoms with E-state index in [4.69, 9.17) is 31.6 Å². The Morgan fingerprint density at radius 1 is 0.653 bits per heavy atom. The molecule has 1 heterocycles. The molecule has 5 rings (SSSR count). The fraction of sp³-hybridized carbons (Fsp3) is 0. The van der Waals surface area contributed by atoms with Gasteiger partial charge in [-0.25, -0.2) is 43.7 Å². The minimum Gasteiger partial charge on any atom is -0.237 e. The summed E-state index contributed by atoms with van der Waals surface area (Å²) in [4.78, 5) is 19.7. The number of allylic oxidation sites excluding steroid dienone is 7.